The summed E-state index contributed by atoms with van der Waals surface area (Å²) in [5.41, 5.74) is 4.59. The van der Waals surface area contributed by atoms with E-state index >= 15 is 0 Å². The summed E-state index contributed by atoms with van der Waals surface area (Å²) in [6, 6.07) is 9.20. The third-order valence-corrected chi connectivity index (χ3v) is 4.15. The van der Waals surface area contributed by atoms with Gasteiger partial charge in [0.1, 0.15) is 5.75 Å². The number of aromatic amines is 1. The van der Waals surface area contributed by atoms with E-state index in [0.29, 0.717) is 17.1 Å². The number of hydrogen-bond donors (Lipinski definition) is 1. The van der Waals surface area contributed by atoms with Crippen LogP contribution in [0.25, 0.3) is 22.5 Å². The zero-order chi connectivity index (χ0) is 17.6. The average molecular weight is 335 g/mol. The molecule has 1 N–H and O–H groups in total. The van der Waals surface area contributed by atoms with Gasteiger partial charge in [0.05, 0.1) is 18.4 Å². The molecule has 0 bridgehead atoms. The van der Waals surface area contributed by atoms with Crippen molar-refractivity contribution in [1.82, 2.24) is 24.4 Å². The van der Waals surface area contributed by atoms with Crippen molar-refractivity contribution in [2.24, 2.45) is 0 Å². The lowest BCUT2D eigenvalue weighted by Gasteiger charge is -2.11. The van der Waals surface area contributed by atoms with Crippen molar-refractivity contribution in [2.45, 2.75) is 13.8 Å². The van der Waals surface area contributed by atoms with Gasteiger partial charge in [-0.05, 0) is 32.0 Å². The summed E-state index contributed by atoms with van der Waals surface area (Å²) in [5, 5.41) is 7.33. The van der Waals surface area contributed by atoms with Gasteiger partial charge in [-0.15, -0.1) is 0 Å². The van der Waals surface area contributed by atoms with E-state index < -0.39 is 0 Å². The molecule has 4 rings (SSSR count). The molecule has 0 spiro atoms. The topological polar surface area (TPSA) is 77.2 Å². The second-order valence-corrected chi connectivity index (χ2v) is 5.84. The van der Waals surface area contributed by atoms with Crippen LogP contribution in [-0.4, -0.2) is 31.5 Å². The minimum absolute atomic E-state index is 0.135. The Morgan fingerprint density at radius 1 is 1.20 bits per heavy atom. The largest absolute Gasteiger partial charge is 0.496 e. The molecule has 0 aliphatic rings. The monoisotopic (exact) mass is 335 g/mol. The highest BCUT2D eigenvalue weighted by Gasteiger charge is 2.18. The van der Waals surface area contributed by atoms with Gasteiger partial charge in [-0.25, -0.2) is 14.2 Å². The number of ether oxygens (including phenoxy) is 1. The molecule has 0 unspecified atom stereocenters. The molecule has 0 saturated carbocycles. The third kappa shape index (κ3) is 2.40. The molecule has 1 aromatic carbocycles. The molecule has 0 saturated heterocycles. The summed E-state index contributed by atoms with van der Waals surface area (Å²) in [7, 11) is 1.63. The molecule has 0 amide bonds. The van der Waals surface area contributed by atoms with Crippen LogP contribution in [0, 0.1) is 13.8 Å². The number of nitrogens with zero attached hydrogens (tertiary/aromatic N) is 4. The van der Waals surface area contributed by atoms with Crippen LogP contribution in [0.2, 0.25) is 0 Å². The predicted octanol–water partition coefficient (Wildman–Crippen LogP) is 2.50. The van der Waals surface area contributed by atoms with Gasteiger partial charge in [-0.1, -0.05) is 0 Å². The molecule has 0 aliphatic carbocycles. The number of H-pyrrole nitrogens is 1. The van der Waals surface area contributed by atoms with E-state index in [1.807, 2.05) is 44.3 Å². The van der Waals surface area contributed by atoms with Crippen LogP contribution >= 0.6 is 0 Å². The molecule has 4 aromatic rings. The van der Waals surface area contributed by atoms with Crippen LogP contribution in [0.4, 0.5) is 0 Å². The molecule has 7 nitrogen and oxygen atoms in total. The summed E-state index contributed by atoms with van der Waals surface area (Å²) < 4.78 is 8.82. The van der Waals surface area contributed by atoms with Crippen LogP contribution in [0.3, 0.4) is 0 Å². The smallest absolute Gasteiger partial charge is 0.272 e. The fourth-order valence-corrected chi connectivity index (χ4v) is 3.04. The lowest BCUT2D eigenvalue weighted by atomic mass is 10.0. The summed E-state index contributed by atoms with van der Waals surface area (Å²) in [6.07, 6.45) is 3.60. The van der Waals surface area contributed by atoms with E-state index in [0.717, 1.165) is 22.5 Å². The van der Waals surface area contributed by atoms with Crippen molar-refractivity contribution >= 4 is 5.65 Å². The number of fused-ring (bicyclic) bond motifs is 1. The van der Waals surface area contributed by atoms with Gasteiger partial charge in [0, 0.05) is 41.5 Å². The number of benzene rings is 1. The van der Waals surface area contributed by atoms with Crippen molar-refractivity contribution in [3.8, 4) is 22.6 Å². The third-order valence-electron chi connectivity index (χ3n) is 4.15. The fraction of sp³-hybridized carbons (Fsp3) is 0.167. The highest BCUT2D eigenvalue weighted by Crippen LogP contribution is 2.35. The Morgan fingerprint density at radius 2 is 2.04 bits per heavy atom. The summed E-state index contributed by atoms with van der Waals surface area (Å²) in [5.74, 6) is 0.688. The SMILES string of the molecule is COc1cc(-n2cccn2)ccc1-c1c(C)[nH]n2c(=O)cc(C)nc12. The number of rotatable bonds is 3. The van der Waals surface area contributed by atoms with Crippen molar-refractivity contribution in [2.75, 3.05) is 7.11 Å². The maximum Gasteiger partial charge on any atom is 0.272 e. The lowest BCUT2D eigenvalue weighted by molar-refractivity contribution is 0.416. The van der Waals surface area contributed by atoms with E-state index in [1.54, 1.807) is 18.0 Å². The molecule has 0 aliphatic heterocycles. The zero-order valence-electron chi connectivity index (χ0n) is 14.1. The van der Waals surface area contributed by atoms with Crippen LogP contribution in [0.1, 0.15) is 11.4 Å². The quantitative estimate of drug-likeness (QED) is 0.624. The maximum atomic E-state index is 12.2. The lowest BCUT2D eigenvalue weighted by Crippen LogP contribution is -2.14. The molecule has 3 aromatic heterocycles. The van der Waals surface area contributed by atoms with E-state index in [-0.39, 0.29) is 5.56 Å². The van der Waals surface area contributed by atoms with Gasteiger partial charge < -0.3 is 4.74 Å². The number of methoxy groups -OCH3 is 1. The van der Waals surface area contributed by atoms with Gasteiger partial charge in [-0.3, -0.25) is 9.89 Å². The molecule has 0 atom stereocenters. The molecular weight excluding hydrogens is 318 g/mol. The number of nitrogens with one attached hydrogen (secondary N) is 1. The summed E-state index contributed by atoms with van der Waals surface area (Å²) >= 11 is 0. The van der Waals surface area contributed by atoms with Crippen LogP contribution in [0.15, 0.2) is 47.5 Å². The predicted molar refractivity (Wildman–Crippen MR) is 94.4 cm³/mol. The first-order valence-corrected chi connectivity index (χ1v) is 7.86. The fourth-order valence-electron chi connectivity index (χ4n) is 3.04. The van der Waals surface area contributed by atoms with Crippen LogP contribution in [-0.2, 0) is 0 Å². The van der Waals surface area contributed by atoms with Crippen molar-refractivity contribution in [1.29, 1.82) is 0 Å². The Kier molecular flexibility index (Phi) is 3.42. The van der Waals surface area contributed by atoms with Crippen molar-refractivity contribution < 1.29 is 4.74 Å². The highest BCUT2D eigenvalue weighted by molar-refractivity contribution is 5.84. The van der Waals surface area contributed by atoms with Gasteiger partial charge >= 0.3 is 0 Å². The standard InChI is InChI=1S/C18H17N5O2/c1-11-9-16(24)23-18(20-11)17(12(2)21-23)14-6-5-13(10-15(14)25-3)22-8-4-7-19-22/h4-10,21H,1-3H3. The second-order valence-electron chi connectivity index (χ2n) is 5.84. The maximum absolute atomic E-state index is 12.2. The number of aromatic nitrogens is 5. The van der Waals surface area contributed by atoms with Crippen LogP contribution < -0.4 is 10.3 Å². The molecule has 0 fully saturated rings. The van der Waals surface area contributed by atoms with E-state index in [4.69, 9.17) is 4.74 Å². The number of hydrogen-bond acceptors (Lipinski definition) is 4. The Hall–Kier alpha value is -3.35. The van der Waals surface area contributed by atoms with E-state index in [2.05, 4.69) is 15.2 Å². The Labute approximate surface area is 143 Å². The minimum atomic E-state index is -0.135. The van der Waals surface area contributed by atoms with E-state index in [9.17, 15) is 4.79 Å². The Balaban J connectivity index is 1.97. The van der Waals surface area contributed by atoms with Crippen molar-refractivity contribution in [3.05, 3.63) is 64.5 Å². The summed E-state index contributed by atoms with van der Waals surface area (Å²) in [4.78, 5) is 16.7. The van der Waals surface area contributed by atoms with Gasteiger partial charge in [0.25, 0.3) is 5.56 Å². The first-order chi connectivity index (χ1) is 12.1. The normalized spacial score (nSPS) is 11.2. The minimum Gasteiger partial charge on any atom is -0.496 e. The molecule has 3 heterocycles. The first-order valence-electron chi connectivity index (χ1n) is 7.86. The molecule has 126 valence electrons. The van der Waals surface area contributed by atoms with Crippen LogP contribution in [0.5, 0.6) is 5.75 Å². The van der Waals surface area contributed by atoms with E-state index in [1.165, 1.54) is 10.6 Å². The van der Waals surface area contributed by atoms with Gasteiger partial charge in [0.15, 0.2) is 5.65 Å². The second kappa shape index (κ2) is 5.62. The Bertz CT molecular complexity index is 1120. The molecular formula is C18H17N5O2. The Morgan fingerprint density at radius 3 is 2.76 bits per heavy atom. The highest BCUT2D eigenvalue weighted by atomic mass is 16.5. The zero-order valence-corrected chi connectivity index (χ0v) is 14.1. The van der Waals surface area contributed by atoms with Crippen molar-refractivity contribution in [3.63, 3.8) is 0 Å². The number of aryl methyl sites for hydroxylation is 2. The first kappa shape index (κ1) is 15.2. The molecule has 25 heavy (non-hydrogen) atoms. The van der Waals surface area contributed by atoms with Gasteiger partial charge in [-0.2, -0.15) is 5.10 Å². The summed E-state index contributed by atoms with van der Waals surface area (Å²) in [6.45, 7) is 3.73. The average Bonchev–Trinajstić information content (AvgIpc) is 3.22. The molecule has 0 radical (unpaired) electrons. The van der Waals surface area contributed by atoms with Gasteiger partial charge in [0.2, 0.25) is 0 Å². The molecule has 7 heteroatoms.